The van der Waals surface area contributed by atoms with Crippen LogP contribution in [-0.4, -0.2) is 85.6 Å². The van der Waals surface area contributed by atoms with E-state index in [-0.39, 0.29) is 23.4 Å². The summed E-state index contributed by atoms with van der Waals surface area (Å²) in [6.07, 6.45) is 4.14. The first kappa shape index (κ1) is 21.3. The Kier molecular flexibility index (Phi) is 5.69. The maximum Gasteiger partial charge on any atom is 0.318 e. The molecule has 0 amide bonds. The van der Waals surface area contributed by atoms with Gasteiger partial charge in [-0.3, -0.25) is 4.90 Å². The van der Waals surface area contributed by atoms with Crippen molar-refractivity contribution in [1.29, 1.82) is 0 Å². The van der Waals surface area contributed by atoms with Crippen molar-refractivity contribution < 1.29 is 27.8 Å². The smallest absolute Gasteiger partial charge is 0.318 e. The Balaban J connectivity index is 1.05. The molecule has 1 aromatic heterocycles. The molecule has 4 saturated heterocycles. The number of anilines is 1. The minimum atomic E-state index is -0.224. The summed E-state index contributed by atoms with van der Waals surface area (Å²) >= 11 is 0. The molecule has 1 aromatic carbocycles. The molecular weight excluding hydrogens is 431 g/mol. The maximum absolute atomic E-state index is 14.1. The number of aromatic nitrogens is 2. The van der Waals surface area contributed by atoms with Gasteiger partial charge in [0.1, 0.15) is 30.1 Å². The number of likely N-dealkylation sites (tertiary alicyclic amines) is 1. The molecule has 0 radical (unpaired) electrons. The summed E-state index contributed by atoms with van der Waals surface area (Å²) in [7, 11) is 0. The predicted molar refractivity (Wildman–Crippen MR) is 115 cm³/mol. The molecule has 2 aromatic rings. The number of benzene rings is 1. The summed E-state index contributed by atoms with van der Waals surface area (Å²) in [5.74, 6) is 0.788. The van der Waals surface area contributed by atoms with Crippen molar-refractivity contribution in [2.45, 2.75) is 42.9 Å². The Morgan fingerprint density at radius 2 is 1.91 bits per heavy atom. The molecule has 0 N–H and O–H groups in total. The Hall–Kier alpha value is -2.27. The lowest BCUT2D eigenvalue weighted by Gasteiger charge is -2.46. The standard InChI is InChI=1S/C23H29FN4O5/c24-17-1-2-21(33-19-10-29-15-30-11-19)20(7-17)16-3-5-27(6-4-16)18-8-23(32-9-18)12-28(13-23)22-26-25-14-31-22/h1-2,7,14,16,18-19H,3-6,8-13,15H2/t18-/m0/s1. The fourth-order valence-electron chi connectivity index (χ4n) is 5.60. The quantitative estimate of drug-likeness (QED) is 0.667. The predicted octanol–water partition coefficient (Wildman–Crippen LogP) is 2.19. The highest BCUT2D eigenvalue weighted by molar-refractivity contribution is 5.38. The van der Waals surface area contributed by atoms with Gasteiger partial charge in [0.25, 0.3) is 0 Å². The van der Waals surface area contributed by atoms with E-state index < -0.39 is 0 Å². The van der Waals surface area contributed by atoms with Crippen molar-refractivity contribution in [3.8, 4) is 5.75 Å². The van der Waals surface area contributed by atoms with E-state index in [4.69, 9.17) is 23.4 Å². The largest absolute Gasteiger partial charge is 0.485 e. The second-order valence-corrected chi connectivity index (χ2v) is 9.52. The third-order valence-electron chi connectivity index (χ3n) is 7.29. The van der Waals surface area contributed by atoms with Crippen molar-refractivity contribution in [3.63, 3.8) is 0 Å². The third kappa shape index (κ3) is 4.32. The van der Waals surface area contributed by atoms with Crippen LogP contribution in [-0.2, 0) is 14.2 Å². The lowest BCUT2D eigenvalue weighted by molar-refractivity contribution is -0.143. The second kappa shape index (κ2) is 8.83. The molecule has 0 bridgehead atoms. The van der Waals surface area contributed by atoms with Gasteiger partial charge in [-0.1, -0.05) is 5.10 Å². The van der Waals surface area contributed by atoms with Crippen molar-refractivity contribution in [2.75, 3.05) is 57.7 Å². The normalized spacial score (nSPS) is 26.6. The molecule has 0 aliphatic carbocycles. The minimum absolute atomic E-state index is 0.107. The third-order valence-corrected chi connectivity index (χ3v) is 7.29. The Bertz CT molecular complexity index is 940. The average Bonchev–Trinajstić information content (AvgIpc) is 3.51. The van der Waals surface area contributed by atoms with Gasteiger partial charge >= 0.3 is 6.01 Å². The number of nitrogens with zero attached hydrogens (tertiary/aromatic N) is 4. The molecule has 9 nitrogen and oxygen atoms in total. The molecule has 5 heterocycles. The Labute approximate surface area is 191 Å². The molecule has 6 rings (SSSR count). The first-order chi connectivity index (χ1) is 16.2. The summed E-state index contributed by atoms with van der Waals surface area (Å²) in [5.41, 5.74) is 0.845. The van der Waals surface area contributed by atoms with Crippen LogP contribution in [0, 0.1) is 5.82 Å². The summed E-state index contributed by atoms with van der Waals surface area (Å²) in [5, 5.41) is 7.73. The molecule has 4 aliphatic rings. The molecule has 1 atom stereocenters. The van der Waals surface area contributed by atoms with Crippen LogP contribution in [0.2, 0.25) is 0 Å². The van der Waals surface area contributed by atoms with Crippen LogP contribution >= 0.6 is 0 Å². The van der Waals surface area contributed by atoms with Gasteiger partial charge in [-0.2, -0.15) is 0 Å². The van der Waals surface area contributed by atoms with E-state index in [1.54, 1.807) is 12.1 Å². The highest BCUT2D eigenvalue weighted by atomic mass is 19.1. The van der Waals surface area contributed by atoms with Gasteiger partial charge in [-0.15, -0.1) is 5.10 Å². The van der Waals surface area contributed by atoms with Gasteiger partial charge in [0.2, 0.25) is 6.39 Å². The van der Waals surface area contributed by atoms with Gasteiger partial charge < -0.3 is 28.3 Å². The summed E-state index contributed by atoms with van der Waals surface area (Å²) < 4.78 is 42.5. The highest BCUT2D eigenvalue weighted by Gasteiger charge is 2.52. The number of rotatable bonds is 5. The first-order valence-electron chi connectivity index (χ1n) is 11.7. The highest BCUT2D eigenvalue weighted by Crippen LogP contribution is 2.41. The van der Waals surface area contributed by atoms with E-state index in [0.29, 0.717) is 32.1 Å². The first-order valence-corrected chi connectivity index (χ1v) is 11.7. The van der Waals surface area contributed by atoms with E-state index in [9.17, 15) is 4.39 Å². The van der Waals surface area contributed by atoms with E-state index in [1.165, 1.54) is 12.5 Å². The monoisotopic (exact) mass is 460 g/mol. The Morgan fingerprint density at radius 1 is 1.09 bits per heavy atom. The van der Waals surface area contributed by atoms with Crippen molar-refractivity contribution in [3.05, 3.63) is 36.0 Å². The zero-order valence-corrected chi connectivity index (χ0v) is 18.5. The van der Waals surface area contributed by atoms with E-state index in [2.05, 4.69) is 20.0 Å². The zero-order chi connectivity index (χ0) is 22.3. The van der Waals surface area contributed by atoms with Crippen LogP contribution in [0.3, 0.4) is 0 Å². The van der Waals surface area contributed by atoms with Gasteiger partial charge in [0.05, 0.1) is 32.9 Å². The minimum Gasteiger partial charge on any atom is -0.485 e. The van der Waals surface area contributed by atoms with Gasteiger partial charge in [0, 0.05) is 11.6 Å². The molecule has 33 heavy (non-hydrogen) atoms. The molecule has 178 valence electrons. The van der Waals surface area contributed by atoms with Crippen LogP contribution in [0.5, 0.6) is 5.75 Å². The van der Waals surface area contributed by atoms with Crippen LogP contribution < -0.4 is 9.64 Å². The lowest BCUT2D eigenvalue weighted by Crippen LogP contribution is -2.62. The summed E-state index contributed by atoms with van der Waals surface area (Å²) in [4.78, 5) is 4.60. The summed E-state index contributed by atoms with van der Waals surface area (Å²) in [6, 6.07) is 5.81. The molecule has 10 heteroatoms. The molecule has 4 aliphatic heterocycles. The number of piperidine rings is 1. The number of hydrogen-bond acceptors (Lipinski definition) is 9. The average molecular weight is 461 g/mol. The maximum atomic E-state index is 14.1. The Morgan fingerprint density at radius 3 is 2.67 bits per heavy atom. The number of ether oxygens (including phenoxy) is 4. The van der Waals surface area contributed by atoms with Crippen molar-refractivity contribution >= 4 is 6.01 Å². The molecular formula is C23H29FN4O5. The molecule has 0 unspecified atom stereocenters. The fourth-order valence-corrected chi connectivity index (χ4v) is 5.60. The van der Waals surface area contributed by atoms with Gasteiger partial charge in [0.15, 0.2) is 0 Å². The van der Waals surface area contributed by atoms with Crippen LogP contribution in [0.25, 0.3) is 0 Å². The van der Waals surface area contributed by atoms with E-state index in [1.807, 2.05) is 0 Å². The topological polar surface area (TPSA) is 82.3 Å². The van der Waals surface area contributed by atoms with Gasteiger partial charge in [-0.05, 0) is 56.5 Å². The summed E-state index contributed by atoms with van der Waals surface area (Å²) in [6.45, 7) is 5.54. The van der Waals surface area contributed by atoms with Crippen molar-refractivity contribution in [1.82, 2.24) is 15.1 Å². The number of hydrogen-bond donors (Lipinski definition) is 0. The van der Waals surface area contributed by atoms with Crippen molar-refractivity contribution in [2.24, 2.45) is 0 Å². The van der Waals surface area contributed by atoms with Gasteiger partial charge in [-0.25, -0.2) is 4.39 Å². The van der Waals surface area contributed by atoms with E-state index in [0.717, 1.165) is 63.4 Å². The molecule has 0 saturated carbocycles. The lowest BCUT2D eigenvalue weighted by atomic mass is 9.86. The van der Waals surface area contributed by atoms with Crippen LogP contribution in [0.1, 0.15) is 30.7 Å². The SMILES string of the molecule is Fc1ccc(OC2COCOC2)c(C2CCN([C@@H]3COC4(C3)CN(c3nnco3)C4)CC2)c1. The van der Waals surface area contributed by atoms with E-state index >= 15 is 0 Å². The molecule has 1 spiro atoms. The molecule has 4 fully saturated rings. The second-order valence-electron chi connectivity index (χ2n) is 9.52. The van der Waals surface area contributed by atoms with Crippen LogP contribution in [0.15, 0.2) is 29.0 Å². The number of halogens is 1. The zero-order valence-electron chi connectivity index (χ0n) is 18.5. The van der Waals surface area contributed by atoms with Crippen LogP contribution in [0.4, 0.5) is 10.4 Å². The fraction of sp³-hybridized carbons (Fsp3) is 0.652.